The standard InChI is InChI=1S/C7HCl2F13O3S/c8-1(9,7(21,22)26(23,24)25)2(10,11)3(12,13)4(14,15)5(16,17)6(18,19)20/h(H,23,24,25). The van der Waals surface area contributed by atoms with E-state index in [0.717, 1.165) is 0 Å². The van der Waals surface area contributed by atoms with Crippen molar-refractivity contribution in [2.45, 2.75) is 39.5 Å². The van der Waals surface area contributed by atoms with E-state index in [1.54, 1.807) is 0 Å². The van der Waals surface area contributed by atoms with Crippen molar-refractivity contribution >= 4 is 33.3 Å². The molecule has 0 atom stereocenters. The quantitative estimate of drug-likeness (QED) is 0.338. The average molecular weight is 483 g/mol. The summed E-state index contributed by atoms with van der Waals surface area (Å²) in [5.74, 6) is -31.9. The predicted molar refractivity (Wildman–Crippen MR) is 56.8 cm³/mol. The number of rotatable bonds is 6. The van der Waals surface area contributed by atoms with Crippen LogP contribution in [0.2, 0.25) is 0 Å². The first-order valence-electron chi connectivity index (χ1n) is 5.05. The number of hydrogen-bond acceptors (Lipinski definition) is 2. The van der Waals surface area contributed by atoms with E-state index in [1.165, 1.54) is 0 Å². The van der Waals surface area contributed by atoms with Crippen molar-refractivity contribution in [3.05, 3.63) is 0 Å². The lowest BCUT2D eigenvalue weighted by Gasteiger charge is -2.42. The first kappa shape index (κ1) is 25.6. The first-order chi connectivity index (χ1) is 10.8. The Bertz CT molecular complexity index is 653. The molecule has 0 heterocycles. The molecule has 0 spiro atoms. The lowest BCUT2D eigenvalue weighted by atomic mass is 9.95. The van der Waals surface area contributed by atoms with Crippen LogP contribution in [-0.2, 0) is 10.1 Å². The first-order valence-corrected chi connectivity index (χ1v) is 7.25. The van der Waals surface area contributed by atoms with Crippen LogP contribution in [0, 0.1) is 0 Å². The molecular weight excluding hydrogens is 482 g/mol. The van der Waals surface area contributed by atoms with Gasteiger partial charge in [-0.3, -0.25) is 4.55 Å². The summed E-state index contributed by atoms with van der Waals surface area (Å²) in [5.41, 5.74) is 0. The van der Waals surface area contributed by atoms with E-state index in [4.69, 9.17) is 4.55 Å². The fourth-order valence-corrected chi connectivity index (χ4v) is 2.39. The third-order valence-electron chi connectivity index (χ3n) is 2.62. The normalized spacial score (nSPS) is 16.8. The topological polar surface area (TPSA) is 54.4 Å². The molecule has 0 fully saturated rings. The van der Waals surface area contributed by atoms with Crippen LogP contribution in [0.25, 0.3) is 0 Å². The van der Waals surface area contributed by atoms with E-state index in [0.29, 0.717) is 0 Å². The van der Waals surface area contributed by atoms with Gasteiger partial charge in [-0.25, -0.2) is 0 Å². The van der Waals surface area contributed by atoms with Crippen LogP contribution in [0.5, 0.6) is 0 Å². The van der Waals surface area contributed by atoms with Gasteiger partial charge in [0.05, 0.1) is 0 Å². The fourth-order valence-electron chi connectivity index (χ4n) is 1.11. The van der Waals surface area contributed by atoms with Gasteiger partial charge >= 0.3 is 45.2 Å². The molecule has 0 aromatic heterocycles. The maximum Gasteiger partial charge on any atom is 0.460 e. The van der Waals surface area contributed by atoms with Gasteiger partial charge in [0.2, 0.25) is 0 Å². The number of hydrogen-bond donors (Lipinski definition) is 1. The Hall–Kier alpha value is -0.420. The smallest absolute Gasteiger partial charge is 0.281 e. The number of alkyl halides is 15. The molecule has 0 saturated carbocycles. The van der Waals surface area contributed by atoms with Gasteiger partial charge in [0.25, 0.3) is 4.33 Å². The van der Waals surface area contributed by atoms with E-state index < -0.39 is 49.6 Å². The van der Waals surface area contributed by atoms with Crippen molar-refractivity contribution in [1.82, 2.24) is 0 Å². The summed E-state index contributed by atoms with van der Waals surface area (Å²) in [4.78, 5) is 0. The molecule has 158 valence electrons. The summed E-state index contributed by atoms with van der Waals surface area (Å²) in [6, 6.07) is 0. The predicted octanol–water partition coefficient (Wildman–Crippen LogP) is 4.74. The maximum atomic E-state index is 13.4. The van der Waals surface area contributed by atoms with Crippen molar-refractivity contribution in [3.8, 4) is 0 Å². The van der Waals surface area contributed by atoms with Gasteiger partial charge in [-0.1, -0.05) is 23.2 Å². The zero-order valence-corrected chi connectivity index (χ0v) is 13.2. The van der Waals surface area contributed by atoms with Gasteiger partial charge in [-0.2, -0.15) is 65.5 Å². The highest BCUT2D eigenvalue weighted by Crippen LogP contribution is 2.64. The second-order valence-corrected chi connectivity index (χ2v) is 7.15. The molecule has 0 aliphatic carbocycles. The van der Waals surface area contributed by atoms with Gasteiger partial charge in [0, 0.05) is 0 Å². The SMILES string of the molecule is O=S(=O)(O)C(F)(F)C(Cl)(Cl)C(F)(F)C(F)(F)C(F)(F)C(F)(F)C(F)(F)F. The summed E-state index contributed by atoms with van der Waals surface area (Å²) in [6.07, 6.45) is -7.59. The van der Waals surface area contributed by atoms with E-state index in [1.807, 2.05) is 0 Å². The van der Waals surface area contributed by atoms with Crippen LogP contribution >= 0.6 is 23.2 Å². The summed E-state index contributed by atoms with van der Waals surface area (Å²) < 4.78 is 188. The lowest BCUT2D eigenvalue weighted by Crippen LogP contribution is -2.72. The molecule has 1 N–H and O–H groups in total. The third kappa shape index (κ3) is 3.07. The third-order valence-corrected chi connectivity index (χ3v) is 4.75. The van der Waals surface area contributed by atoms with Gasteiger partial charge in [0.1, 0.15) is 0 Å². The van der Waals surface area contributed by atoms with Gasteiger partial charge in [-0.15, -0.1) is 0 Å². The Kier molecular flexibility index (Phi) is 5.94. The van der Waals surface area contributed by atoms with E-state index in [9.17, 15) is 65.5 Å². The molecule has 0 rings (SSSR count). The second kappa shape index (κ2) is 6.04. The van der Waals surface area contributed by atoms with Crippen LogP contribution in [0.3, 0.4) is 0 Å². The Balaban J connectivity index is 6.71. The van der Waals surface area contributed by atoms with Crippen LogP contribution < -0.4 is 0 Å². The second-order valence-electron chi connectivity index (χ2n) is 4.36. The van der Waals surface area contributed by atoms with E-state index in [2.05, 4.69) is 23.2 Å². The molecule has 0 saturated heterocycles. The van der Waals surface area contributed by atoms with Crippen molar-refractivity contribution in [2.75, 3.05) is 0 Å². The van der Waals surface area contributed by atoms with Crippen molar-refractivity contribution < 1.29 is 70.0 Å². The Morgan fingerprint density at radius 1 is 0.577 bits per heavy atom. The zero-order valence-electron chi connectivity index (χ0n) is 10.8. The monoisotopic (exact) mass is 482 g/mol. The number of halogens is 15. The van der Waals surface area contributed by atoms with Crippen molar-refractivity contribution in [1.29, 1.82) is 0 Å². The molecule has 19 heteroatoms. The van der Waals surface area contributed by atoms with Crippen molar-refractivity contribution in [2.24, 2.45) is 0 Å². The molecule has 0 aliphatic rings. The fraction of sp³-hybridized carbons (Fsp3) is 1.00. The summed E-state index contributed by atoms with van der Waals surface area (Å²) >= 11 is 7.89. The van der Waals surface area contributed by atoms with Crippen LogP contribution in [0.1, 0.15) is 0 Å². The molecule has 3 nitrogen and oxygen atoms in total. The Morgan fingerprint density at radius 2 is 0.846 bits per heavy atom. The zero-order chi connectivity index (χ0) is 22.0. The minimum Gasteiger partial charge on any atom is -0.281 e. The molecule has 0 aliphatic heterocycles. The lowest BCUT2D eigenvalue weighted by molar-refractivity contribution is -0.425. The van der Waals surface area contributed by atoms with Crippen LogP contribution in [0.4, 0.5) is 57.1 Å². The molecule has 0 radical (unpaired) electrons. The largest absolute Gasteiger partial charge is 0.460 e. The molecule has 0 bridgehead atoms. The summed E-state index contributed by atoms with van der Waals surface area (Å²) in [5, 5.41) is -6.83. The molecule has 26 heavy (non-hydrogen) atoms. The molecule has 0 unspecified atom stereocenters. The maximum absolute atomic E-state index is 13.4. The summed E-state index contributed by atoms with van der Waals surface area (Å²) in [7, 11) is -7.28. The molecule has 0 aromatic rings. The van der Waals surface area contributed by atoms with Crippen LogP contribution in [-0.4, -0.2) is 52.4 Å². The molecule has 0 amide bonds. The highest BCUT2D eigenvalue weighted by molar-refractivity contribution is 7.87. The van der Waals surface area contributed by atoms with Gasteiger partial charge in [0.15, 0.2) is 0 Å². The highest BCUT2D eigenvalue weighted by atomic mass is 35.5. The van der Waals surface area contributed by atoms with E-state index >= 15 is 0 Å². The Labute approximate surface area is 143 Å². The highest BCUT2D eigenvalue weighted by Gasteiger charge is 2.92. The minimum absolute atomic E-state index is 3.95. The average Bonchev–Trinajstić information content (AvgIpc) is 2.34. The van der Waals surface area contributed by atoms with E-state index in [-0.39, 0.29) is 0 Å². The minimum atomic E-state index is -8.16. The van der Waals surface area contributed by atoms with Crippen LogP contribution in [0.15, 0.2) is 0 Å². The molecule has 0 aromatic carbocycles. The Morgan fingerprint density at radius 3 is 1.08 bits per heavy atom. The summed E-state index contributed by atoms with van der Waals surface area (Å²) in [6.45, 7) is 0. The van der Waals surface area contributed by atoms with Gasteiger partial charge < -0.3 is 0 Å². The van der Waals surface area contributed by atoms with Crippen molar-refractivity contribution in [3.63, 3.8) is 0 Å². The van der Waals surface area contributed by atoms with Gasteiger partial charge in [-0.05, 0) is 0 Å². The molecular formula is C7HCl2F13O3S.